The van der Waals surface area contributed by atoms with Gasteiger partial charge in [0, 0.05) is 12.5 Å². The smallest absolute Gasteiger partial charge is 0.354 e. The Labute approximate surface area is 116 Å². The molecule has 0 fully saturated rings. The molecule has 1 heterocycles. The molecular formula is C13H15BrN2O2. The molecule has 4 nitrogen and oxygen atoms in total. The molecule has 0 aliphatic heterocycles. The summed E-state index contributed by atoms with van der Waals surface area (Å²) in [7, 11) is 1.90. The van der Waals surface area contributed by atoms with Gasteiger partial charge in [0.05, 0.1) is 7.05 Å². The van der Waals surface area contributed by atoms with Crippen LogP contribution in [0.15, 0.2) is 42.7 Å². The van der Waals surface area contributed by atoms with Crippen LogP contribution in [0.2, 0.25) is 0 Å². The number of nitrogens with zero attached hydrogens (tertiary/aromatic N) is 2. The van der Waals surface area contributed by atoms with E-state index in [1.54, 1.807) is 10.8 Å². The first kappa shape index (κ1) is 14.4. The number of halogens is 1. The summed E-state index contributed by atoms with van der Waals surface area (Å²) < 4.78 is 3.66. The number of rotatable bonds is 3. The van der Waals surface area contributed by atoms with Crippen LogP contribution in [0.3, 0.4) is 0 Å². The van der Waals surface area contributed by atoms with Crippen LogP contribution in [0.5, 0.6) is 0 Å². The van der Waals surface area contributed by atoms with Crippen LogP contribution in [-0.4, -0.2) is 15.6 Å². The van der Waals surface area contributed by atoms with E-state index < -0.39 is 12.0 Å². The van der Waals surface area contributed by atoms with Crippen molar-refractivity contribution in [2.24, 2.45) is 7.05 Å². The zero-order valence-corrected chi connectivity index (χ0v) is 11.8. The number of aromatic nitrogens is 2. The maximum Gasteiger partial charge on any atom is 0.354 e. The average molecular weight is 311 g/mol. The Balaban J connectivity index is 0.00000162. The Bertz CT molecular complexity index is 537. The molecule has 1 aromatic heterocycles. The number of carboxylic acid groups (broad SMARTS) is 1. The molecule has 1 aromatic carbocycles. The summed E-state index contributed by atoms with van der Waals surface area (Å²) in [5, 5.41) is 9.38. The number of imidazole rings is 1. The van der Waals surface area contributed by atoms with Crippen molar-refractivity contribution in [2.45, 2.75) is 13.0 Å². The third-order valence-electron chi connectivity index (χ3n) is 2.96. The van der Waals surface area contributed by atoms with E-state index >= 15 is 0 Å². The molecule has 2 rings (SSSR count). The summed E-state index contributed by atoms with van der Waals surface area (Å²) in [6, 6.07) is 8.58. The van der Waals surface area contributed by atoms with Crippen molar-refractivity contribution in [2.75, 3.05) is 0 Å². The number of carboxylic acids is 1. The van der Waals surface area contributed by atoms with Gasteiger partial charge in [-0.05, 0) is 0 Å². The molecule has 0 aliphatic rings. The van der Waals surface area contributed by atoms with Gasteiger partial charge in [0.1, 0.15) is 12.4 Å². The van der Waals surface area contributed by atoms with Gasteiger partial charge in [0.25, 0.3) is 5.82 Å². The molecule has 0 spiro atoms. The lowest BCUT2D eigenvalue weighted by Gasteiger charge is -2.10. The number of carbonyl (C=O) groups is 1. The summed E-state index contributed by atoms with van der Waals surface area (Å²) in [4.78, 5) is 11.4. The molecular weight excluding hydrogens is 296 g/mol. The molecule has 96 valence electrons. The maximum absolute atomic E-state index is 11.4. The second kappa shape index (κ2) is 5.82. The first-order chi connectivity index (χ1) is 8.11. The lowest BCUT2D eigenvalue weighted by molar-refractivity contribution is -0.677. The second-order valence-corrected chi connectivity index (χ2v) is 4.01. The highest BCUT2D eigenvalue weighted by Gasteiger charge is 2.28. The van der Waals surface area contributed by atoms with E-state index in [0.717, 1.165) is 11.4 Å². The zero-order valence-electron chi connectivity index (χ0n) is 10.2. The third-order valence-corrected chi connectivity index (χ3v) is 2.96. The number of benzene rings is 1. The minimum absolute atomic E-state index is 0. The fourth-order valence-electron chi connectivity index (χ4n) is 1.90. The molecule has 0 saturated heterocycles. The maximum atomic E-state index is 11.4. The Morgan fingerprint density at radius 3 is 2.39 bits per heavy atom. The van der Waals surface area contributed by atoms with Crippen molar-refractivity contribution in [3.05, 3.63) is 54.1 Å². The molecule has 0 saturated carbocycles. The molecule has 0 amide bonds. The van der Waals surface area contributed by atoms with Crippen molar-refractivity contribution in [3.63, 3.8) is 0 Å². The summed E-state index contributed by atoms with van der Waals surface area (Å²) >= 11 is 0. The normalized spacial score (nSPS) is 11.7. The van der Waals surface area contributed by atoms with Gasteiger partial charge in [-0.15, -0.1) is 0 Å². The van der Waals surface area contributed by atoms with Crippen molar-refractivity contribution in [3.8, 4) is 0 Å². The first-order valence-corrected chi connectivity index (χ1v) is 5.42. The predicted octanol–water partition coefficient (Wildman–Crippen LogP) is -1.70. The van der Waals surface area contributed by atoms with E-state index in [-0.39, 0.29) is 17.0 Å². The van der Waals surface area contributed by atoms with E-state index in [2.05, 4.69) is 0 Å². The molecule has 1 N–H and O–H groups in total. The van der Waals surface area contributed by atoms with E-state index in [1.165, 1.54) is 0 Å². The minimum Gasteiger partial charge on any atom is -1.00 e. The van der Waals surface area contributed by atoms with Gasteiger partial charge in [-0.25, -0.2) is 13.9 Å². The Morgan fingerprint density at radius 2 is 1.94 bits per heavy atom. The minimum atomic E-state index is -0.851. The van der Waals surface area contributed by atoms with Gasteiger partial charge in [0.15, 0.2) is 0 Å². The fraction of sp³-hybridized carbons (Fsp3) is 0.231. The highest BCUT2D eigenvalue weighted by Crippen LogP contribution is 2.19. The largest absolute Gasteiger partial charge is 1.00 e. The van der Waals surface area contributed by atoms with Crippen LogP contribution in [0, 0.1) is 6.92 Å². The van der Waals surface area contributed by atoms with Gasteiger partial charge in [-0.1, -0.05) is 30.3 Å². The van der Waals surface area contributed by atoms with Crippen molar-refractivity contribution < 1.29 is 31.4 Å². The highest BCUT2D eigenvalue weighted by molar-refractivity contribution is 5.76. The van der Waals surface area contributed by atoms with Crippen LogP contribution in [0.25, 0.3) is 0 Å². The van der Waals surface area contributed by atoms with Crippen LogP contribution in [0.4, 0.5) is 0 Å². The standard InChI is InChI=1S/C13H14N2O2.BrH/c1-10-14(2)8-9-15(10)12(13(16)17)11-6-4-3-5-7-11;/h3-9,12H,1-2H3;1H. The van der Waals surface area contributed by atoms with Gasteiger partial charge in [-0.3, -0.25) is 0 Å². The summed E-state index contributed by atoms with van der Waals surface area (Å²) in [6.45, 7) is 1.90. The van der Waals surface area contributed by atoms with E-state index in [9.17, 15) is 9.90 Å². The average Bonchev–Trinajstić information content (AvgIpc) is 2.63. The summed E-state index contributed by atoms with van der Waals surface area (Å²) in [6.07, 6.45) is 3.65. The Hall–Kier alpha value is -1.62. The number of hydrogen-bond donors (Lipinski definition) is 1. The number of aliphatic carboxylic acids is 1. The molecule has 0 bridgehead atoms. The van der Waals surface area contributed by atoms with E-state index in [4.69, 9.17) is 0 Å². The van der Waals surface area contributed by atoms with Gasteiger partial charge >= 0.3 is 5.97 Å². The fourth-order valence-corrected chi connectivity index (χ4v) is 1.90. The van der Waals surface area contributed by atoms with Crippen molar-refractivity contribution in [1.82, 2.24) is 4.57 Å². The number of aryl methyl sites for hydroxylation is 1. The molecule has 0 radical (unpaired) electrons. The van der Waals surface area contributed by atoms with Crippen LogP contribution in [-0.2, 0) is 11.8 Å². The Kier molecular flexibility index (Phi) is 4.67. The van der Waals surface area contributed by atoms with E-state index in [0.29, 0.717) is 0 Å². The molecule has 2 aromatic rings. The van der Waals surface area contributed by atoms with Gasteiger partial charge in [0.2, 0.25) is 6.04 Å². The molecule has 0 aliphatic carbocycles. The predicted molar refractivity (Wildman–Crippen MR) is 62.6 cm³/mol. The highest BCUT2D eigenvalue weighted by atomic mass is 79.9. The van der Waals surface area contributed by atoms with Crippen LogP contribution < -0.4 is 21.5 Å². The van der Waals surface area contributed by atoms with Crippen molar-refractivity contribution in [1.29, 1.82) is 0 Å². The van der Waals surface area contributed by atoms with Crippen LogP contribution in [0.1, 0.15) is 17.4 Å². The molecule has 1 unspecified atom stereocenters. The second-order valence-electron chi connectivity index (χ2n) is 4.01. The number of hydrogen-bond acceptors (Lipinski definition) is 1. The quantitative estimate of drug-likeness (QED) is 0.687. The topological polar surface area (TPSA) is 46.1 Å². The van der Waals surface area contributed by atoms with Gasteiger partial charge < -0.3 is 22.1 Å². The van der Waals surface area contributed by atoms with Crippen LogP contribution >= 0.6 is 0 Å². The monoisotopic (exact) mass is 310 g/mol. The molecule has 1 atom stereocenters. The lowest BCUT2D eigenvalue weighted by Crippen LogP contribution is -3.00. The van der Waals surface area contributed by atoms with E-state index in [1.807, 2.05) is 55.1 Å². The Morgan fingerprint density at radius 1 is 1.33 bits per heavy atom. The molecule has 18 heavy (non-hydrogen) atoms. The third kappa shape index (κ3) is 2.61. The molecule has 5 heteroatoms. The first-order valence-electron chi connectivity index (χ1n) is 5.42. The van der Waals surface area contributed by atoms with Gasteiger partial charge in [-0.2, -0.15) is 0 Å². The van der Waals surface area contributed by atoms with Crippen molar-refractivity contribution >= 4 is 5.97 Å². The summed E-state index contributed by atoms with van der Waals surface area (Å²) in [5.74, 6) is 0.0525. The summed E-state index contributed by atoms with van der Waals surface area (Å²) in [5.41, 5.74) is 0.777. The SMILES string of the molecule is Cc1n(C(C(=O)O)c2ccccc2)cc[n+]1C.[Br-]. The zero-order chi connectivity index (χ0) is 12.4. The lowest BCUT2D eigenvalue weighted by atomic mass is 10.1.